The molecule has 1 heterocycles. The molecule has 0 saturated heterocycles. The van der Waals surface area contributed by atoms with Crippen molar-refractivity contribution < 1.29 is 9.47 Å². The molecule has 2 aromatic rings. The van der Waals surface area contributed by atoms with Gasteiger partial charge in [0.05, 0.1) is 18.7 Å². The molecule has 1 aromatic heterocycles. The third kappa shape index (κ3) is 3.10. The van der Waals surface area contributed by atoms with Gasteiger partial charge in [0.25, 0.3) is 0 Å². The van der Waals surface area contributed by atoms with Gasteiger partial charge in [0.15, 0.2) is 0 Å². The lowest BCUT2D eigenvalue weighted by molar-refractivity contribution is 0.395. The minimum absolute atomic E-state index is 0.508. The maximum Gasteiger partial charge on any atom is 0.227 e. The lowest BCUT2D eigenvalue weighted by atomic mass is 10.3. The molecule has 0 aliphatic heterocycles. The molecule has 0 spiro atoms. The average Bonchev–Trinajstić information content (AvgIpc) is 2.41. The van der Waals surface area contributed by atoms with Crippen molar-refractivity contribution in [3.8, 4) is 11.5 Å². The Bertz CT molecular complexity index is 509. The second kappa shape index (κ2) is 5.68. The highest BCUT2D eigenvalue weighted by Crippen LogP contribution is 2.27. The maximum absolute atomic E-state index is 5.19. The Hall–Kier alpha value is -1.82. The van der Waals surface area contributed by atoms with Crippen LogP contribution in [-0.4, -0.2) is 24.2 Å². The highest BCUT2D eigenvalue weighted by molar-refractivity contribution is 9.10. The fraction of sp³-hybridized carbons (Fsp3) is 0.167. The molecule has 0 fully saturated rings. The monoisotopic (exact) mass is 309 g/mol. The van der Waals surface area contributed by atoms with Gasteiger partial charge in [-0.05, 0) is 15.9 Å². The van der Waals surface area contributed by atoms with E-state index in [1.165, 1.54) is 0 Å². The molecule has 0 saturated carbocycles. The molecule has 0 aliphatic rings. The predicted molar refractivity (Wildman–Crippen MR) is 72.6 cm³/mol. The van der Waals surface area contributed by atoms with Gasteiger partial charge in [0.2, 0.25) is 5.95 Å². The zero-order valence-electron chi connectivity index (χ0n) is 9.98. The van der Waals surface area contributed by atoms with Crippen molar-refractivity contribution in [1.29, 1.82) is 0 Å². The summed E-state index contributed by atoms with van der Waals surface area (Å²) >= 11 is 3.28. The number of ether oxygens (including phenoxy) is 2. The zero-order valence-corrected chi connectivity index (χ0v) is 11.6. The molecule has 0 amide bonds. The SMILES string of the molecule is COc1cc(Nc2ncc(Br)cn2)cc(OC)c1. The molecule has 0 atom stereocenters. The van der Waals surface area contributed by atoms with E-state index in [2.05, 4.69) is 31.2 Å². The number of benzene rings is 1. The van der Waals surface area contributed by atoms with Crippen molar-refractivity contribution >= 4 is 27.6 Å². The normalized spacial score (nSPS) is 9.94. The second-order valence-electron chi connectivity index (χ2n) is 3.45. The molecule has 0 aliphatic carbocycles. The zero-order chi connectivity index (χ0) is 13.0. The van der Waals surface area contributed by atoms with Crippen molar-refractivity contribution in [2.24, 2.45) is 0 Å². The first kappa shape index (κ1) is 12.6. The van der Waals surface area contributed by atoms with Gasteiger partial charge in [0.1, 0.15) is 11.5 Å². The number of methoxy groups -OCH3 is 2. The number of rotatable bonds is 4. The molecule has 0 unspecified atom stereocenters. The van der Waals surface area contributed by atoms with Crippen LogP contribution in [-0.2, 0) is 0 Å². The van der Waals surface area contributed by atoms with Gasteiger partial charge in [-0.15, -0.1) is 0 Å². The van der Waals surface area contributed by atoms with Crippen LogP contribution in [0.15, 0.2) is 35.1 Å². The Morgan fingerprint density at radius 2 is 1.56 bits per heavy atom. The molecular formula is C12H12BrN3O2. The number of hydrogen-bond acceptors (Lipinski definition) is 5. The highest BCUT2D eigenvalue weighted by atomic mass is 79.9. The lowest BCUT2D eigenvalue weighted by Crippen LogP contribution is -1.97. The van der Waals surface area contributed by atoms with Gasteiger partial charge in [-0.25, -0.2) is 9.97 Å². The number of nitrogens with zero attached hydrogens (tertiary/aromatic N) is 2. The quantitative estimate of drug-likeness (QED) is 0.941. The number of halogens is 1. The summed E-state index contributed by atoms with van der Waals surface area (Å²) in [7, 11) is 3.21. The van der Waals surface area contributed by atoms with E-state index in [1.807, 2.05) is 12.1 Å². The van der Waals surface area contributed by atoms with Crippen molar-refractivity contribution in [3.05, 3.63) is 35.1 Å². The molecule has 18 heavy (non-hydrogen) atoms. The molecular weight excluding hydrogens is 298 g/mol. The van der Waals surface area contributed by atoms with Crippen LogP contribution in [0.2, 0.25) is 0 Å². The van der Waals surface area contributed by atoms with E-state index in [4.69, 9.17) is 9.47 Å². The summed E-state index contributed by atoms with van der Waals surface area (Å²) in [6, 6.07) is 5.48. The van der Waals surface area contributed by atoms with E-state index in [0.717, 1.165) is 10.2 Å². The Morgan fingerprint density at radius 3 is 2.06 bits per heavy atom. The molecule has 0 radical (unpaired) electrons. The van der Waals surface area contributed by atoms with Gasteiger partial charge in [-0.3, -0.25) is 0 Å². The summed E-state index contributed by atoms with van der Waals surface area (Å²) in [6.45, 7) is 0. The maximum atomic E-state index is 5.19. The summed E-state index contributed by atoms with van der Waals surface area (Å²) in [4.78, 5) is 8.27. The number of nitrogens with one attached hydrogen (secondary N) is 1. The summed E-state index contributed by atoms with van der Waals surface area (Å²) in [6.07, 6.45) is 3.35. The fourth-order valence-corrected chi connectivity index (χ4v) is 1.59. The average molecular weight is 310 g/mol. The van der Waals surface area contributed by atoms with E-state index in [-0.39, 0.29) is 0 Å². The highest BCUT2D eigenvalue weighted by Gasteiger charge is 2.03. The van der Waals surface area contributed by atoms with Crippen LogP contribution < -0.4 is 14.8 Å². The lowest BCUT2D eigenvalue weighted by Gasteiger charge is -2.09. The molecule has 94 valence electrons. The van der Waals surface area contributed by atoms with E-state index < -0.39 is 0 Å². The molecule has 5 nitrogen and oxygen atoms in total. The smallest absolute Gasteiger partial charge is 0.227 e. The molecule has 0 bridgehead atoms. The van der Waals surface area contributed by atoms with Gasteiger partial charge >= 0.3 is 0 Å². The fourth-order valence-electron chi connectivity index (χ4n) is 1.39. The third-order valence-electron chi connectivity index (χ3n) is 2.23. The minimum Gasteiger partial charge on any atom is -0.497 e. The Balaban J connectivity index is 2.25. The second-order valence-corrected chi connectivity index (χ2v) is 4.37. The first-order valence-electron chi connectivity index (χ1n) is 5.19. The minimum atomic E-state index is 0.508. The summed E-state index contributed by atoms with van der Waals surface area (Å²) < 4.78 is 11.2. The molecule has 1 aromatic carbocycles. The van der Waals surface area contributed by atoms with E-state index in [9.17, 15) is 0 Å². The Kier molecular flexibility index (Phi) is 3.99. The number of anilines is 2. The van der Waals surface area contributed by atoms with Crippen LogP contribution in [0, 0.1) is 0 Å². The molecule has 6 heteroatoms. The first-order chi connectivity index (χ1) is 8.71. The van der Waals surface area contributed by atoms with Crippen molar-refractivity contribution in [2.45, 2.75) is 0 Å². The van der Waals surface area contributed by atoms with Crippen molar-refractivity contribution in [2.75, 3.05) is 19.5 Å². The summed E-state index contributed by atoms with van der Waals surface area (Å²) in [5.74, 6) is 1.91. The van der Waals surface area contributed by atoms with Crippen molar-refractivity contribution in [3.63, 3.8) is 0 Å². The topological polar surface area (TPSA) is 56.3 Å². The van der Waals surface area contributed by atoms with Gasteiger partial charge in [-0.2, -0.15) is 0 Å². The van der Waals surface area contributed by atoms with E-state index in [1.54, 1.807) is 32.7 Å². The summed E-state index contributed by atoms with van der Waals surface area (Å²) in [5.41, 5.74) is 0.800. The summed E-state index contributed by atoms with van der Waals surface area (Å²) in [5, 5.41) is 3.08. The number of aromatic nitrogens is 2. The predicted octanol–water partition coefficient (Wildman–Crippen LogP) is 3.00. The van der Waals surface area contributed by atoms with Crippen LogP contribution >= 0.6 is 15.9 Å². The van der Waals surface area contributed by atoms with Crippen LogP contribution in [0.3, 0.4) is 0 Å². The van der Waals surface area contributed by atoms with Crippen LogP contribution in [0.5, 0.6) is 11.5 Å². The van der Waals surface area contributed by atoms with Crippen molar-refractivity contribution in [1.82, 2.24) is 9.97 Å². The van der Waals surface area contributed by atoms with E-state index in [0.29, 0.717) is 17.4 Å². The Labute approximate surface area is 113 Å². The van der Waals surface area contributed by atoms with Crippen LogP contribution in [0.25, 0.3) is 0 Å². The molecule has 2 rings (SSSR count). The van der Waals surface area contributed by atoms with Crippen LogP contribution in [0.1, 0.15) is 0 Å². The largest absolute Gasteiger partial charge is 0.497 e. The van der Waals surface area contributed by atoms with Crippen LogP contribution in [0.4, 0.5) is 11.6 Å². The first-order valence-corrected chi connectivity index (χ1v) is 5.98. The van der Waals surface area contributed by atoms with E-state index >= 15 is 0 Å². The molecule has 1 N–H and O–H groups in total. The Morgan fingerprint density at radius 1 is 1.00 bits per heavy atom. The standard InChI is InChI=1S/C12H12BrN3O2/c1-17-10-3-9(4-11(5-10)18-2)16-12-14-6-8(13)7-15-12/h3-7H,1-2H3,(H,14,15,16). The van der Waals surface area contributed by atoms with Gasteiger partial charge < -0.3 is 14.8 Å². The third-order valence-corrected chi connectivity index (χ3v) is 2.64. The van der Waals surface area contributed by atoms with Gasteiger partial charge in [-0.1, -0.05) is 0 Å². The van der Waals surface area contributed by atoms with Gasteiger partial charge in [0, 0.05) is 36.3 Å². The number of hydrogen-bond donors (Lipinski definition) is 1.